The number of halogens is 3. The summed E-state index contributed by atoms with van der Waals surface area (Å²) in [6.07, 6.45) is -4.25. The van der Waals surface area contributed by atoms with Crippen LogP contribution in [0, 0.1) is 0 Å². The van der Waals surface area contributed by atoms with Gasteiger partial charge in [0, 0.05) is 19.2 Å². The van der Waals surface area contributed by atoms with E-state index in [1.165, 1.54) is 12.1 Å². The van der Waals surface area contributed by atoms with Crippen LogP contribution in [-0.2, 0) is 10.9 Å². The fourth-order valence-corrected chi connectivity index (χ4v) is 1.79. The van der Waals surface area contributed by atoms with Gasteiger partial charge in [-0.1, -0.05) is 12.1 Å². The standard InChI is InChI=1S/C14H20F3NO/c1-9(11(3)19-4)18-10(2)12-5-7-13(8-6-12)14(15,16)17/h5-11,18H,1-4H3. The van der Waals surface area contributed by atoms with Crippen LogP contribution in [-0.4, -0.2) is 19.3 Å². The van der Waals surface area contributed by atoms with Crippen molar-refractivity contribution >= 4 is 0 Å². The Morgan fingerprint density at radius 2 is 1.58 bits per heavy atom. The topological polar surface area (TPSA) is 21.3 Å². The van der Waals surface area contributed by atoms with Gasteiger partial charge in [-0.3, -0.25) is 0 Å². The zero-order chi connectivity index (χ0) is 14.6. The van der Waals surface area contributed by atoms with Crippen LogP contribution in [0.15, 0.2) is 24.3 Å². The van der Waals surface area contributed by atoms with E-state index >= 15 is 0 Å². The van der Waals surface area contributed by atoms with Crippen molar-refractivity contribution in [1.29, 1.82) is 0 Å². The van der Waals surface area contributed by atoms with Crippen LogP contribution in [0.5, 0.6) is 0 Å². The number of hydrogen-bond acceptors (Lipinski definition) is 2. The molecule has 0 heterocycles. The summed E-state index contributed by atoms with van der Waals surface area (Å²) in [6.45, 7) is 5.84. The van der Waals surface area contributed by atoms with Gasteiger partial charge >= 0.3 is 6.18 Å². The van der Waals surface area contributed by atoms with Crippen LogP contribution in [0.1, 0.15) is 37.9 Å². The molecule has 0 aromatic heterocycles. The Morgan fingerprint density at radius 3 is 2.00 bits per heavy atom. The molecule has 0 aliphatic rings. The maximum absolute atomic E-state index is 12.5. The fourth-order valence-electron chi connectivity index (χ4n) is 1.79. The summed E-state index contributed by atoms with van der Waals surface area (Å²) in [6, 6.07) is 5.31. The lowest BCUT2D eigenvalue weighted by Gasteiger charge is -2.24. The molecule has 0 aliphatic carbocycles. The molecule has 3 unspecified atom stereocenters. The van der Waals surface area contributed by atoms with Crippen molar-refractivity contribution < 1.29 is 17.9 Å². The van der Waals surface area contributed by atoms with Gasteiger partial charge in [-0.15, -0.1) is 0 Å². The van der Waals surface area contributed by atoms with Gasteiger partial charge in [-0.25, -0.2) is 0 Å². The van der Waals surface area contributed by atoms with E-state index in [0.29, 0.717) is 0 Å². The molecule has 1 aromatic carbocycles. The molecule has 1 N–H and O–H groups in total. The van der Waals surface area contributed by atoms with Crippen LogP contribution in [0.4, 0.5) is 13.2 Å². The minimum atomic E-state index is -4.28. The van der Waals surface area contributed by atoms with Crippen LogP contribution in [0.3, 0.4) is 0 Å². The zero-order valence-electron chi connectivity index (χ0n) is 11.6. The summed E-state index contributed by atoms with van der Waals surface area (Å²) in [4.78, 5) is 0. The van der Waals surface area contributed by atoms with Gasteiger partial charge in [0.05, 0.1) is 11.7 Å². The normalized spacial score (nSPS) is 17.0. The Balaban J connectivity index is 2.70. The molecule has 3 atom stereocenters. The molecule has 0 spiro atoms. The monoisotopic (exact) mass is 275 g/mol. The number of methoxy groups -OCH3 is 1. The molecule has 0 fully saturated rings. The number of nitrogens with one attached hydrogen (secondary N) is 1. The highest BCUT2D eigenvalue weighted by Crippen LogP contribution is 2.29. The van der Waals surface area contributed by atoms with Crippen molar-refractivity contribution in [2.75, 3.05) is 7.11 Å². The lowest BCUT2D eigenvalue weighted by molar-refractivity contribution is -0.137. The number of alkyl halides is 3. The summed E-state index contributed by atoms with van der Waals surface area (Å²) < 4.78 is 42.6. The summed E-state index contributed by atoms with van der Waals surface area (Å²) in [5, 5.41) is 3.30. The molecule has 0 saturated heterocycles. The molecule has 2 nitrogen and oxygen atoms in total. The SMILES string of the molecule is COC(C)C(C)NC(C)c1ccc(C(F)(F)F)cc1. The summed E-state index contributed by atoms with van der Waals surface area (Å²) in [5.74, 6) is 0. The molecule has 0 bridgehead atoms. The van der Waals surface area contributed by atoms with E-state index < -0.39 is 11.7 Å². The van der Waals surface area contributed by atoms with Crippen molar-refractivity contribution in [3.63, 3.8) is 0 Å². The number of ether oxygens (including phenoxy) is 1. The molecule has 0 saturated carbocycles. The maximum atomic E-state index is 12.5. The van der Waals surface area contributed by atoms with Crippen molar-refractivity contribution in [3.05, 3.63) is 35.4 Å². The van der Waals surface area contributed by atoms with Gasteiger partial charge in [0.2, 0.25) is 0 Å². The molecule has 0 amide bonds. The molecular weight excluding hydrogens is 255 g/mol. The first-order valence-electron chi connectivity index (χ1n) is 6.21. The second-order valence-electron chi connectivity index (χ2n) is 4.74. The minimum absolute atomic E-state index is 0.0325. The lowest BCUT2D eigenvalue weighted by Crippen LogP contribution is -2.38. The number of hydrogen-bond donors (Lipinski definition) is 1. The molecule has 1 rings (SSSR count). The summed E-state index contributed by atoms with van der Waals surface area (Å²) >= 11 is 0. The molecule has 108 valence electrons. The average molecular weight is 275 g/mol. The third-order valence-corrected chi connectivity index (χ3v) is 3.33. The van der Waals surface area contributed by atoms with Crippen molar-refractivity contribution in [3.8, 4) is 0 Å². The Hall–Kier alpha value is -1.07. The van der Waals surface area contributed by atoms with E-state index in [1.54, 1.807) is 7.11 Å². The number of rotatable bonds is 5. The van der Waals surface area contributed by atoms with E-state index in [-0.39, 0.29) is 18.2 Å². The van der Waals surface area contributed by atoms with Gasteiger partial charge in [0.25, 0.3) is 0 Å². The third kappa shape index (κ3) is 4.51. The quantitative estimate of drug-likeness (QED) is 0.883. The van der Waals surface area contributed by atoms with Gasteiger partial charge in [0.15, 0.2) is 0 Å². The highest BCUT2D eigenvalue weighted by molar-refractivity contribution is 5.26. The van der Waals surface area contributed by atoms with Crippen molar-refractivity contribution in [1.82, 2.24) is 5.32 Å². The zero-order valence-corrected chi connectivity index (χ0v) is 11.6. The molecule has 0 radical (unpaired) electrons. The van der Waals surface area contributed by atoms with Gasteiger partial charge in [-0.2, -0.15) is 13.2 Å². The smallest absolute Gasteiger partial charge is 0.380 e. The van der Waals surface area contributed by atoms with E-state index in [0.717, 1.165) is 17.7 Å². The van der Waals surface area contributed by atoms with Gasteiger partial charge in [-0.05, 0) is 38.5 Å². The summed E-state index contributed by atoms with van der Waals surface area (Å²) in [5.41, 5.74) is 0.199. The Bertz CT molecular complexity index is 389. The predicted octanol–water partition coefficient (Wildman–Crippen LogP) is 3.78. The largest absolute Gasteiger partial charge is 0.416 e. The molecular formula is C14H20F3NO. The average Bonchev–Trinajstić information content (AvgIpc) is 2.36. The second kappa shape index (κ2) is 6.39. The molecule has 19 heavy (non-hydrogen) atoms. The van der Waals surface area contributed by atoms with Crippen LogP contribution < -0.4 is 5.32 Å². The van der Waals surface area contributed by atoms with Crippen LogP contribution in [0.25, 0.3) is 0 Å². The molecule has 0 aliphatic heterocycles. The van der Waals surface area contributed by atoms with E-state index in [9.17, 15) is 13.2 Å². The first-order chi connectivity index (χ1) is 8.75. The van der Waals surface area contributed by atoms with E-state index in [4.69, 9.17) is 4.74 Å². The van der Waals surface area contributed by atoms with Crippen molar-refractivity contribution in [2.45, 2.75) is 45.1 Å². The van der Waals surface area contributed by atoms with E-state index in [2.05, 4.69) is 5.32 Å². The van der Waals surface area contributed by atoms with Crippen molar-refractivity contribution in [2.24, 2.45) is 0 Å². The molecule has 5 heteroatoms. The lowest BCUT2D eigenvalue weighted by atomic mass is 10.0. The fraction of sp³-hybridized carbons (Fsp3) is 0.571. The Kier molecular flexibility index (Phi) is 5.38. The third-order valence-electron chi connectivity index (χ3n) is 3.33. The predicted molar refractivity (Wildman–Crippen MR) is 68.9 cm³/mol. The van der Waals surface area contributed by atoms with Crippen LogP contribution in [0.2, 0.25) is 0 Å². The Labute approximate surface area is 112 Å². The van der Waals surface area contributed by atoms with E-state index in [1.807, 2.05) is 20.8 Å². The summed E-state index contributed by atoms with van der Waals surface area (Å²) in [7, 11) is 1.63. The van der Waals surface area contributed by atoms with Gasteiger partial charge in [0.1, 0.15) is 0 Å². The van der Waals surface area contributed by atoms with Crippen LogP contribution >= 0.6 is 0 Å². The first-order valence-corrected chi connectivity index (χ1v) is 6.21. The minimum Gasteiger partial charge on any atom is -0.380 e. The second-order valence-corrected chi connectivity index (χ2v) is 4.74. The van der Waals surface area contributed by atoms with Gasteiger partial charge < -0.3 is 10.1 Å². The Morgan fingerprint density at radius 1 is 1.05 bits per heavy atom. The highest BCUT2D eigenvalue weighted by atomic mass is 19.4. The molecule has 1 aromatic rings. The maximum Gasteiger partial charge on any atom is 0.416 e. The first kappa shape index (κ1) is 16.0. The number of benzene rings is 1. The highest BCUT2D eigenvalue weighted by Gasteiger charge is 2.30.